The number of carbonyl (C=O) groups is 1. The van der Waals surface area contributed by atoms with Crippen molar-refractivity contribution in [1.29, 1.82) is 0 Å². The molecule has 3 aromatic heterocycles. The third-order valence-corrected chi connectivity index (χ3v) is 5.20. The minimum atomic E-state index is -0.174. The van der Waals surface area contributed by atoms with Crippen LogP contribution in [-0.4, -0.2) is 25.2 Å². The number of hydrogen-bond donors (Lipinski definition) is 0. The summed E-state index contributed by atoms with van der Waals surface area (Å²) < 4.78 is 3.76. The van der Waals surface area contributed by atoms with Gasteiger partial charge in [0.1, 0.15) is 5.15 Å². The van der Waals surface area contributed by atoms with Crippen LogP contribution in [0, 0.1) is 0 Å². The van der Waals surface area contributed by atoms with Crippen LogP contribution in [0.3, 0.4) is 0 Å². The molecule has 138 valence electrons. The second kappa shape index (κ2) is 6.65. The maximum atomic E-state index is 13.4. The Morgan fingerprint density at radius 2 is 1.86 bits per heavy atom. The minimum absolute atomic E-state index is 0.162. The molecule has 0 fully saturated rings. The molecule has 0 atom stereocenters. The van der Waals surface area contributed by atoms with Crippen molar-refractivity contribution in [3.63, 3.8) is 0 Å². The van der Waals surface area contributed by atoms with Crippen LogP contribution in [0.1, 0.15) is 21.6 Å². The number of amides is 1. The number of benzene rings is 1. The van der Waals surface area contributed by atoms with Gasteiger partial charge in [-0.25, -0.2) is 9.67 Å². The minimum Gasteiger partial charge on any atom is -0.345 e. The van der Waals surface area contributed by atoms with Gasteiger partial charge >= 0.3 is 0 Å². The van der Waals surface area contributed by atoms with Crippen LogP contribution in [0.2, 0.25) is 5.15 Å². The van der Waals surface area contributed by atoms with Gasteiger partial charge in [-0.05, 0) is 42.0 Å². The van der Waals surface area contributed by atoms with Gasteiger partial charge in [0.15, 0.2) is 5.82 Å². The number of para-hydroxylation sites is 1. The van der Waals surface area contributed by atoms with Crippen molar-refractivity contribution >= 4 is 23.2 Å². The lowest BCUT2D eigenvalue weighted by Gasteiger charge is -2.23. The van der Waals surface area contributed by atoms with Crippen LogP contribution in [0.25, 0.3) is 5.82 Å². The van der Waals surface area contributed by atoms with E-state index in [0.717, 1.165) is 23.5 Å². The fourth-order valence-corrected chi connectivity index (χ4v) is 3.76. The number of hydrogen-bond acceptors (Lipinski definition) is 3. The standard InChI is InChI=1S/C21H16ClN5O/c22-20-17(8-9-19(24-20)27-12-4-10-23-27)21(28)26-14-16-6-3-11-25(16)13-15-5-1-2-7-18(15)26/h1-12H,13-14H2. The van der Waals surface area contributed by atoms with Crippen LogP contribution < -0.4 is 4.90 Å². The van der Waals surface area contributed by atoms with Gasteiger partial charge in [-0.15, -0.1) is 0 Å². The molecule has 0 aliphatic carbocycles. The van der Waals surface area contributed by atoms with Crippen LogP contribution in [-0.2, 0) is 13.1 Å². The Bertz CT molecular complexity index is 1170. The Morgan fingerprint density at radius 1 is 0.964 bits per heavy atom. The molecule has 0 unspecified atom stereocenters. The molecule has 0 saturated carbocycles. The summed E-state index contributed by atoms with van der Waals surface area (Å²) in [5, 5.41) is 4.31. The summed E-state index contributed by atoms with van der Waals surface area (Å²) in [7, 11) is 0. The molecule has 0 spiro atoms. The molecule has 4 aromatic rings. The van der Waals surface area contributed by atoms with E-state index in [1.54, 1.807) is 40.2 Å². The monoisotopic (exact) mass is 389 g/mol. The highest BCUT2D eigenvalue weighted by Gasteiger charge is 2.26. The van der Waals surface area contributed by atoms with Gasteiger partial charge in [0.05, 0.1) is 12.1 Å². The van der Waals surface area contributed by atoms with Crippen LogP contribution in [0.4, 0.5) is 5.69 Å². The lowest BCUT2D eigenvalue weighted by molar-refractivity contribution is 0.0984. The number of carbonyl (C=O) groups excluding carboxylic acids is 1. The molecule has 1 aliphatic rings. The first-order valence-corrected chi connectivity index (χ1v) is 9.29. The molecule has 1 aromatic carbocycles. The Morgan fingerprint density at radius 3 is 2.68 bits per heavy atom. The van der Waals surface area contributed by atoms with Gasteiger partial charge in [0.25, 0.3) is 5.91 Å². The summed E-state index contributed by atoms with van der Waals surface area (Å²) in [4.78, 5) is 19.6. The van der Waals surface area contributed by atoms with E-state index in [-0.39, 0.29) is 11.1 Å². The zero-order chi connectivity index (χ0) is 19.1. The van der Waals surface area contributed by atoms with Crippen LogP contribution >= 0.6 is 11.6 Å². The first-order valence-electron chi connectivity index (χ1n) is 8.91. The third kappa shape index (κ3) is 2.78. The Balaban J connectivity index is 1.56. The van der Waals surface area contributed by atoms with Crippen molar-refractivity contribution in [3.05, 3.63) is 95.2 Å². The maximum Gasteiger partial charge on any atom is 0.261 e. The number of aromatic nitrogens is 4. The SMILES string of the molecule is O=C(c1ccc(-n2cccn2)nc1Cl)N1Cc2cccn2Cc2ccccc21. The van der Waals surface area contributed by atoms with Gasteiger partial charge < -0.3 is 9.47 Å². The predicted octanol–water partition coefficient (Wildman–Crippen LogP) is 3.93. The number of rotatable bonds is 2. The summed E-state index contributed by atoms with van der Waals surface area (Å²) in [5.41, 5.74) is 3.42. The van der Waals surface area contributed by atoms with Crippen LogP contribution in [0.15, 0.2) is 73.2 Å². The van der Waals surface area contributed by atoms with E-state index in [2.05, 4.69) is 14.6 Å². The zero-order valence-electron chi connectivity index (χ0n) is 14.9. The summed E-state index contributed by atoms with van der Waals surface area (Å²) in [6, 6.07) is 17.2. The molecule has 7 heteroatoms. The first kappa shape index (κ1) is 16.8. The average molecular weight is 390 g/mol. The normalized spacial score (nSPS) is 13.0. The van der Waals surface area contributed by atoms with Crippen molar-refractivity contribution in [2.75, 3.05) is 4.90 Å². The molecular weight excluding hydrogens is 374 g/mol. The molecule has 0 radical (unpaired) electrons. The van der Waals surface area contributed by atoms with E-state index >= 15 is 0 Å². The molecule has 0 N–H and O–H groups in total. The van der Waals surface area contributed by atoms with Crippen molar-refractivity contribution in [1.82, 2.24) is 19.3 Å². The smallest absolute Gasteiger partial charge is 0.261 e. The average Bonchev–Trinajstić information content (AvgIpc) is 3.36. The second-order valence-corrected chi connectivity index (χ2v) is 6.96. The lowest BCUT2D eigenvalue weighted by atomic mass is 10.1. The number of nitrogens with zero attached hydrogens (tertiary/aromatic N) is 5. The highest BCUT2D eigenvalue weighted by Crippen LogP contribution is 2.30. The molecule has 28 heavy (non-hydrogen) atoms. The van der Waals surface area contributed by atoms with Gasteiger partial charge in [-0.2, -0.15) is 5.10 Å². The highest BCUT2D eigenvalue weighted by molar-refractivity contribution is 6.33. The molecule has 5 rings (SSSR count). The summed E-state index contributed by atoms with van der Waals surface area (Å²) in [6.45, 7) is 1.20. The molecule has 4 heterocycles. The van der Waals surface area contributed by atoms with Crippen molar-refractivity contribution in [2.24, 2.45) is 0 Å². The molecule has 0 bridgehead atoms. The number of halogens is 1. The highest BCUT2D eigenvalue weighted by atomic mass is 35.5. The van der Waals surface area contributed by atoms with Crippen molar-refractivity contribution < 1.29 is 4.79 Å². The van der Waals surface area contributed by atoms with E-state index in [0.29, 0.717) is 17.9 Å². The van der Waals surface area contributed by atoms with Crippen molar-refractivity contribution in [3.8, 4) is 5.82 Å². The number of anilines is 1. The summed E-state index contributed by atoms with van der Waals surface area (Å²) in [6.07, 6.45) is 5.48. The molecule has 1 amide bonds. The Labute approximate surface area is 166 Å². The van der Waals surface area contributed by atoms with Crippen molar-refractivity contribution in [2.45, 2.75) is 13.1 Å². The van der Waals surface area contributed by atoms with E-state index in [1.165, 1.54) is 0 Å². The first-order chi connectivity index (χ1) is 13.7. The van der Waals surface area contributed by atoms with Gasteiger partial charge in [-0.3, -0.25) is 4.79 Å². The van der Waals surface area contributed by atoms with Gasteiger partial charge in [-0.1, -0.05) is 29.8 Å². The molecule has 0 saturated heterocycles. The van der Waals surface area contributed by atoms with Crippen LogP contribution in [0.5, 0.6) is 0 Å². The number of pyridine rings is 1. The number of fused-ring (bicyclic) bond motifs is 2. The van der Waals surface area contributed by atoms with E-state index in [4.69, 9.17) is 11.6 Å². The lowest BCUT2D eigenvalue weighted by Crippen LogP contribution is -2.31. The van der Waals surface area contributed by atoms with Gasteiger partial charge in [0.2, 0.25) is 0 Å². The van der Waals surface area contributed by atoms with Gasteiger partial charge in [0, 0.05) is 36.5 Å². The van der Waals surface area contributed by atoms with E-state index in [9.17, 15) is 4.79 Å². The Hall–Kier alpha value is -3.38. The quantitative estimate of drug-likeness (QED) is 0.488. The second-order valence-electron chi connectivity index (χ2n) is 6.61. The fourth-order valence-electron chi connectivity index (χ4n) is 3.53. The summed E-state index contributed by atoms with van der Waals surface area (Å²) in [5.74, 6) is 0.392. The predicted molar refractivity (Wildman–Crippen MR) is 107 cm³/mol. The topological polar surface area (TPSA) is 56.0 Å². The van der Waals surface area contributed by atoms with E-state index in [1.807, 2.05) is 42.6 Å². The molecular formula is C21H16ClN5O. The largest absolute Gasteiger partial charge is 0.345 e. The third-order valence-electron chi connectivity index (χ3n) is 4.92. The molecule has 1 aliphatic heterocycles. The zero-order valence-corrected chi connectivity index (χ0v) is 15.6. The van der Waals surface area contributed by atoms with E-state index < -0.39 is 0 Å². The molecule has 6 nitrogen and oxygen atoms in total. The summed E-state index contributed by atoms with van der Waals surface area (Å²) >= 11 is 6.40. The Kier molecular flexibility index (Phi) is 3.98. The maximum absolute atomic E-state index is 13.4. The fraction of sp³-hybridized carbons (Fsp3) is 0.0952.